The number of nitrogens with one attached hydrogen (secondary N) is 3. The number of nitrogens with zero attached hydrogens (tertiary/aromatic N) is 1. The minimum atomic E-state index is -0.803. The van der Waals surface area contributed by atoms with Gasteiger partial charge in [0.15, 0.2) is 0 Å². The van der Waals surface area contributed by atoms with Crippen molar-refractivity contribution in [1.29, 1.82) is 0 Å². The molecule has 3 aromatic rings. The van der Waals surface area contributed by atoms with Gasteiger partial charge >= 0.3 is 0 Å². The minimum Gasteiger partial charge on any atom is -0.490 e. The maximum absolute atomic E-state index is 13.9. The van der Waals surface area contributed by atoms with Crippen LogP contribution in [0.3, 0.4) is 0 Å². The van der Waals surface area contributed by atoms with Gasteiger partial charge in [0.2, 0.25) is 11.8 Å². The molecule has 9 heteroatoms. The minimum absolute atomic E-state index is 0.0194. The smallest absolute Gasteiger partial charge is 0.242 e. The van der Waals surface area contributed by atoms with Gasteiger partial charge in [-0.2, -0.15) is 0 Å². The highest BCUT2D eigenvalue weighted by Gasteiger charge is 2.43. The van der Waals surface area contributed by atoms with Crippen molar-refractivity contribution in [1.82, 2.24) is 20.6 Å². The van der Waals surface area contributed by atoms with Gasteiger partial charge in [-0.25, -0.2) is 9.37 Å². The normalized spacial score (nSPS) is 21.2. The van der Waals surface area contributed by atoms with E-state index < -0.39 is 11.5 Å². The molecule has 1 saturated heterocycles. The van der Waals surface area contributed by atoms with Gasteiger partial charge in [-0.3, -0.25) is 9.59 Å². The molecule has 8 nitrogen and oxygen atoms in total. The summed E-state index contributed by atoms with van der Waals surface area (Å²) >= 11 is 0. The second kappa shape index (κ2) is 10.1. The molecule has 1 fully saturated rings. The van der Waals surface area contributed by atoms with Crippen LogP contribution >= 0.6 is 0 Å². The molecular weight excluding hydrogens is 475 g/mol. The van der Waals surface area contributed by atoms with Crippen LogP contribution in [-0.2, 0) is 26.2 Å². The quantitative estimate of drug-likeness (QED) is 0.453. The third-order valence-electron chi connectivity index (χ3n) is 7.62. The molecule has 1 unspecified atom stereocenters. The zero-order valence-corrected chi connectivity index (χ0v) is 21.4. The Morgan fingerprint density at radius 2 is 2.00 bits per heavy atom. The molecule has 0 aliphatic carbocycles. The lowest BCUT2D eigenvalue weighted by molar-refractivity contribution is -0.134. The number of carbonyl (C=O) groups excluding carboxylic acids is 2. The number of benzene rings is 2. The monoisotopic (exact) mass is 508 g/mol. The molecule has 0 radical (unpaired) electrons. The third-order valence-corrected chi connectivity index (χ3v) is 7.62. The number of fused-ring (bicyclic) bond motifs is 2. The average Bonchev–Trinajstić information content (AvgIpc) is 3.43. The third kappa shape index (κ3) is 4.80. The van der Waals surface area contributed by atoms with Crippen LogP contribution in [0.2, 0.25) is 0 Å². The Morgan fingerprint density at radius 3 is 2.76 bits per heavy atom. The number of aromatic amines is 1. The molecule has 2 aromatic carbocycles. The predicted octanol–water partition coefficient (Wildman–Crippen LogP) is 3.50. The number of H-pyrrole nitrogens is 1. The number of aromatic nitrogens is 2. The Balaban J connectivity index is 1.41. The zero-order valence-electron chi connectivity index (χ0n) is 21.4. The van der Waals surface area contributed by atoms with E-state index in [1.165, 1.54) is 6.07 Å². The summed E-state index contributed by atoms with van der Waals surface area (Å²) in [5, 5.41) is 5.67. The average molecular weight is 509 g/mol. The Bertz CT molecular complexity index is 1320. The van der Waals surface area contributed by atoms with Crippen molar-refractivity contribution in [2.24, 2.45) is 0 Å². The SMILES string of the molecule is CCNC(=O)[C@@H](C)NC(=O)C1(c2ccc3nc(C[C@@H]4c5cc(F)ccc5OC4C)[nH]c3c2)CCOCC1. The molecule has 5 rings (SSSR count). The summed E-state index contributed by atoms with van der Waals surface area (Å²) in [4.78, 5) is 34.0. The van der Waals surface area contributed by atoms with Crippen molar-refractivity contribution < 1.29 is 23.5 Å². The number of carbonyl (C=O) groups is 2. The van der Waals surface area contributed by atoms with Crippen molar-refractivity contribution in [2.75, 3.05) is 19.8 Å². The molecule has 1 aromatic heterocycles. The molecular formula is C28H33FN4O4. The number of likely N-dealkylation sites (N-methyl/N-ethyl adjacent to an activating group) is 1. The van der Waals surface area contributed by atoms with Crippen LogP contribution in [0.4, 0.5) is 4.39 Å². The zero-order chi connectivity index (χ0) is 26.2. The molecule has 2 amide bonds. The van der Waals surface area contributed by atoms with E-state index in [9.17, 15) is 14.0 Å². The van der Waals surface area contributed by atoms with Crippen molar-refractivity contribution >= 4 is 22.8 Å². The number of rotatable bonds is 7. The lowest BCUT2D eigenvalue weighted by Crippen LogP contribution is -2.53. The van der Waals surface area contributed by atoms with E-state index in [1.54, 1.807) is 19.1 Å². The van der Waals surface area contributed by atoms with E-state index in [4.69, 9.17) is 14.5 Å². The Hall–Kier alpha value is -3.46. The molecule has 3 atom stereocenters. The highest BCUT2D eigenvalue weighted by Crippen LogP contribution is 2.41. The topological polar surface area (TPSA) is 105 Å². The number of hydrogen-bond acceptors (Lipinski definition) is 5. The molecule has 37 heavy (non-hydrogen) atoms. The molecule has 0 saturated carbocycles. The molecule has 196 valence electrons. The lowest BCUT2D eigenvalue weighted by atomic mass is 9.73. The first kappa shape index (κ1) is 25.2. The summed E-state index contributed by atoms with van der Waals surface area (Å²) < 4.78 is 25.4. The highest BCUT2D eigenvalue weighted by molar-refractivity contribution is 5.94. The second-order valence-corrected chi connectivity index (χ2v) is 10.0. The largest absolute Gasteiger partial charge is 0.490 e. The summed E-state index contributed by atoms with van der Waals surface area (Å²) in [6.45, 7) is 6.95. The van der Waals surface area contributed by atoms with Crippen molar-refractivity contribution in [3.8, 4) is 5.75 Å². The van der Waals surface area contributed by atoms with Gasteiger partial charge in [0, 0.05) is 37.7 Å². The van der Waals surface area contributed by atoms with Crippen LogP contribution in [-0.4, -0.2) is 53.7 Å². The number of hydrogen-bond donors (Lipinski definition) is 3. The van der Waals surface area contributed by atoms with Gasteiger partial charge in [-0.15, -0.1) is 0 Å². The fourth-order valence-electron chi connectivity index (χ4n) is 5.49. The standard InChI is InChI=1S/C28H33FN4O4/c1-4-30-26(34)16(2)31-27(35)28(9-11-36-12-10-28)18-5-7-22-23(13-18)33-25(32-22)15-20-17(3)37-24-8-6-19(29)14-21(20)24/h5-8,13-14,16-17,20H,4,9-12,15H2,1-3H3,(H,30,34)(H,31,35)(H,32,33)/t16-,17?,20+/m1/s1. The Labute approximate surface area is 215 Å². The van der Waals surface area contributed by atoms with Gasteiger partial charge in [0.25, 0.3) is 0 Å². The van der Waals surface area contributed by atoms with Crippen LogP contribution in [0, 0.1) is 5.82 Å². The summed E-state index contributed by atoms with van der Waals surface area (Å²) in [5.74, 6) is 0.806. The van der Waals surface area contributed by atoms with E-state index in [2.05, 4.69) is 15.6 Å². The lowest BCUT2D eigenvalue weighted by Gasteiger charge is -2.37. The van der Waals surface area contributed by atoms with Crippen molar-refractivity contribution in [2.45, 2.75) is 63.5 Å². The molecule has 2 aliphatic rings. The summed E-state index contributed by atoms with van der Waals surface area (Å²) in [5.41, 5.74) is 2.54. The van der Waals surface area contributed by atoms with Crippen LogP contribution in [0.15, 0.2) is 36.4 Å². The number of ether oxygens (including phenoxy) is 2. The van der Waals surface area contributed by atoms with E-state index >= 15 is 0 Å². The van der Waals surface area contributed by atoms with Gasteiger partial charge < -0.3 is 25.1 Å². The Kier molecular flexibility index (Phi) is 6.90. The number of imidazole rings is 1. The summed E-state index contributed by atoms with van der Waals surface area (Å²) in [6, 6.07) is 9.84. The Morgan fingerprint density at radius 1 is 1.22 bits per heavy atom. The van der Waals surface area contributed by atoms with Crippen LogP contribution in [0.1, 0.15) is 56.5 Å². The summed E-state index contributed by atoms with van der Waals surface area (Å²) in [7, 11) is 0. The second-order valence-electron chi connectivity index (χ2n) is 10.0. The maximum Gasteiger partial charge on any atom is 0.242 e. The van der Waals surface area contributed by atoms with Crippen LogP contribution < -0.4 is 15.4 Å². The van der Waals surface area contributed by atoms with Crippen LogP contribution in [0.5, 0.6) is 5.75 Å². The number of amides is 2. The fraction of sp³-hybridized carbons (Fsp3) is 0.464. The molecule has 3 N–H and O–H groups in total. The van der Waals surface area contributed by atoms with Gasteiger partial charge in [0.05, 0.1) is 16.4 Å². The van der Waals surface area contributed by atoms with E-state index in [0.29, 0.717) is 44.8 Å². The van der Waals surface area contributed by atoms with Gasteiger partial charge in [-0.05, 0) is 69.5 Å². The first-order chi connectivity index (χ1) is 17.8. The van der Waals surface area contributed by atoms with Gasteiger partial charge in [0.1, 0.15) is 29.5 Å². The highest BCUT2D eigenvalue weighted by atomic mass is 19.1. The van der Waals surface area contributed by atoms with E-state index in [1.807, 2.05) is 32.0 Å². The molecule has 2 aliphatic heterocycles. The predicted molar refractivity (Wildman–Crippen MR) is 137 cm³/mol. The molecule has 0 spiro atoms. The van der Waals surface area contributed by atoms with Crippen molar-refractivity contribution in [3.05, 3.63) is 59.2 Å². The van der Waals surface area contributed by atoms with E-state index in [-0.39, 0.29) is 29.7 Å². The maximum atomic E-state index is 13.9. The first-order valence-electron chi connectivity index (χ1n) is 12.9. The van der Waals surface area contributed by atoms with Crippen molar-refractivity contribution in [3.63, 3.8) is 0 Å². The first-order valence-corrected chi connectivity index (χ1v) is 12.9. The molecule has 3 heterocycles. The number of halogens is 1. The fourth-order valence-corrected chi connectivity index (χ4v) is 5.49. The van der Waals surface area contributed by atoms with E-state index in [0.717, 1.165) is 28.0 Å². The summed E-state index contributed by atoms with van der Waals surface area (Å²) in [6.07, 6.45) is 1.52. The van der Waals surface area contributed by atoms with Gasteiger partial charge in [-0.1, -0.05) is 6.07 Å². The van der Waals surface area contributed by atoms with Crippen LogP contribution in [0.25, 0.3) is 11.0 Å². The molecule has 0 bridgehead atoms.